The number of nitrogens with one attached hydrogen (secondary N) is 1. The summed E-state index contributed by atoms with van der Waals surface area (Å²) < 4.78 is 11.7. The van der Waals surface area contributed by atoms with Gasteiger partial charge in [-0.25, -0.2) is 9.78 Å². The molecule has 1 aliphatic rings. The van der Waals surface area contributed by atoms with Gasteiger partial charge in [-0.3, -0.25) is 9.69 Å². The van der Waals surface area contributed by atoms with Gasteiger partial charge in [-0.05, 0) is 69.7 Å². The number of hydrogen-bond donors (Lipinski definition) is 1. The Morgan fingerprint density at radius 1 is 0.974 bits per heavy atom. The molecule has 0 radical (unpaired) electrons. The van der Waals surface area contributed by atoms with Gasteiger partial charge in [0.2, 0.25) is 5.89 Å². The van der Waals surface area contributed by atoms with Gasteiger partial charge in [-0.2, -0.15) is 0 Å². The Bertz CT molecular complexity index is 1480. The number of anilines is 1. The van der Waals surface area contributed by atoms with Crippen molar-refractivity contribution < 1.29 is 18.7 Å². The molecule has 0 atom stereocenters. The predicted molar refractivity (Wildman–Crippen MR) is 152 cm³/mol. The topological polar surface area (TPSA) is 87.9 Å². The highest BCUT2D eigenvalue weighted by Crippen LogP contribution is 2.31. The highest BCUT2D eigenvalue weighted by atomic mass is 16.6. The van der Waals surface area contributed by atoms with Crippen LogP contribution >= 0.6 is 0 Å². The summed E-state index contributed by atoms with van der Waals surface area (Å²) in [6.07, 6.45) is -0.256. The number of para-hydroxylation sites is 1. The molecular formula is C31H34N4O4. The van der Waals surface area contributed by atoms with Crippen molar-refractivity contribution in [1.82, 2.24) is 14.8 Å². The molecule has 3 aromatic carbocycles. The number of aryl methyl sites for hydroxylation is 1. The molecule has 4 aromatic rings. The minimum Gasteiger partial charge on any atom is -0.444 e. The number of benzene rings is 3. The number of piperazine rings is 1. The summed E-state index contributed by atoms with van der Waals surface area (Å²) in [4.78, 5) is 34.0. The number of rotatable bonds is 5. The average Bonchev–Trinajstić information content (AvgIpc) is 3.32. The van der Waals surface area contributed by atoms with Crippen LogP contribution in [0, 0.1) is 6.92 Å². The zero-order valence-electron chi connectivity index (χ0n) is 22.9. The minimum atomic E-state index is -0.493. The molecule has 8 heteroatoms. The van der Waals surface area contributed by atoms with Gasteiger partial charge >= 0.3 is 6.09 Å². The second-order valence-corrected chi connectivity index (χ2v) is 10.9. The first-order chi connectivity index (χ1) is 18.6. The van der Waals surface area contributed by atoms with E-state index in [4.69, 9.17) is 14.1 Å². The molecule has 8 nitrogen and oxygen atoms in total. The van der Waals surface area contributed by atoms with Crippen molar-refractivity contribution in [3.05, 3.63) is 83.4 Å². The molecule has 39 heavy (non-hydrogen) atoms. The number of carbonyl (C=O) groups is 2. The van der Waals surface area contributed by atoms with Crippen LogP contribution in [0.25, 0.3) is 22.6 Å². The maximum atomic E-state index is 12.8. The zero-order chi connectivity index (χ0) is 27.6. The second kappa shape index (κ2) is 10.9. The SMILES string of the molecule is Cc1ccc(C(=O)Nc2ccccc2-c2nc3ccc(CN4CCN(C(=O)OC(C)(C)C)CC4)cc3o2)cc1. The molecule has 0 spiro atoms. The van der Waals surface area contributed by atoms with Gasteiger partial charge in [-0.15, -0.1) is 0 Å². The summed E-state index contributed by atoms with van der Waals surface area (Å²) in [6.45, 7) is 11.2. The molecule has 1 fully saturated rings. The van der Waals surface area contributed by atoms with Crippen LogP contribution in [-0.4, -0.2) is 58.6 Å². The lowest BCUT2D eigenvalue weighted by Gasteiger charge is -2.35. The van der Waals surface area contributed by atoms with E-state index in [0.29, 0.717) is 41.4 Å². The highest BCUT2D eigenvalue weighted by molar-refractivity contribution is 6.06. The van der Waals surface area contributed by atoms with Crippen LogP contribution in [0.3, 0.4) is 0 Å². The largest absolute Gasteiger partial charge is 0.444 e. The van der Waals surface area contributed by atoms with E-state index >= 15 is 0 Å². The monoisotopic (exact) mass is 526 g/mol. The summed E-state index contributed by atoms with van der Waals surface area (Å²) in [6, 6.07) is 21.0. The first-order valence-corrected chi connectivity index (χ1v) is 13.2. The van der Waals surface area contributed by atoms with Crippen molar-refractivity contribution in [1.29, 1.82) is 0 Å². The number of amides is 2. The molecule has 2 heterocycles. The van der Waals surface area contributed by atoms with Crippen LogP contribution in [0.15, 0.2) is 71.1 Å². The van der Waals surface area contributed by atoms with Crippen LogP contribution in [0.4, 0.5) is 10.5 Å². The Hall–Kier alpha value is -4.17. The first-order valence-electron chi connectivity index (χ1n) is 13.2. The fraction of sp³-hybridized carbons (Fsp3) is 0.323. The summed E-state index contributed by atoms with van der Waals surface area (Å²) in [7, 11) is 0. The van der Waals surface area contributed by atoms with Gasteiger partial charge < -0.3 is 19.4 Å². The van der Waals surface area contributed by atoms with Crippen LogP contribution in [0.1, 0.15) is 42.3 Å². The third kappa shape index (κ3) is 6.46. The van der Waals surface area contributed by atoms with E-state index in [-0.39, 0.29) is 12.0 Å². The van der Waals surface area contributed by atoms with Crippen LogP contribution in [-0.2, 0) is 11.3 Å². The lowest BCUT2D eigenvalue weighted by Crippen LogP contribution is -2.49. The Labute approximate surface area is 228 Å². The third-order valence-corrected chi connectivity index (χ3v) is 6.60. The van der Waals surface area contributed by atoms with Crippen LogP contribution in [0.5, 0.6) is 0 Å². The molecule has 1 aromatic heterocycles. The molecule has 1 N–H and O–H groups in total. The van der Waals surface area contributed by atoms with Crippen molar-refractivity contribution in [2.45, 2.75) is 39.8 Å². The number of ether oxygens (including phenoxy) is 1. The van der Waals surface area contributed by atoms with E-state index in [1.54, 1.807) is 4.90 Å². The maximum Gasteiger partial charge on any atom is 0.410 e. The molecule has 2 amide bonds. The number of nitrogens with zero attached hydrogens (tertiary/aromatic N) is 3. The van der Waals surface area contributed by atoms with Crippen LogP contribution < -0.4 is 5.32 Å². The van der Waals surface area contributed by atoms with Crippen molar-refractivity contribution in [3.8, 4) is 11.5 Å². The Morgan fingerprint density at radius 3 is 2.41 bits per heavy atom. The fourth-order valence-corrected chi connectivity index (χ4v) is 4.53. The van der Waals surface area contributed by atoms with Gasteiger partial charge in [0, 0.05) is 38.3 Å². The summed E-state index contributed by atoms with van der Waals surface area (Å²) in [5.74, 6) is 0.264. The molecular weight excluding hydrogens is 492 g/mol. The van der Waals surface area contributed by atoms with E-state index < -0.39 is 5.60 Å². The Morgan fingerprint density at radius 2 is 1.69 bits per heavy atom. The standard InChI is InChI=1S/C31H34N4O4/c1-21-9-12-23(13-10-21)28(36)32-25-8-6-5-7-24(25)29-33-26-14-11-22(19-27(26)38-29)20-34-15-17-35(18-16-34)30(37)39-31(2,3)4/h5-14,19H,15-18,20H2,1-4H3,(H,32,36). The second-order valence-electron chi connectivity index (χ2n) is 10.9. The molecule has 0 aliphatic carbocycles. The Balaban J connectivity index is 1.27. The lowest BCUT2D eigenvalue weighted by molar-refractivity contribution is 0.0139. The van der Waals surface area contributed by atoms with Crippen molar-refractivity contribution in [3.63, 3.8) is 0 Å². The molecule has 0 saturated carbocycles. The number of fused-ring (bicyclic) bond motifs is 1. The maximum absolute atomic E-state index is 12.8. The van der Waals surface area contributed by atoms with E-state index in [1.165, 1.54) is 0 Å². The quantitative estimate of drug-likeness (QED) is 0.338. The lowest BCUT2D eigenvalue weighted by atomic mass is 10.1. The summed E-state index contributed by atoms with van der Waals surface area (Å²) in [5, 5.41) is 3.00. The molecule has 202 valence electrons. The number of aromatic nitrogens is 1. The van der Waals surface area contributed by atoms with Gasteiger partial charge in [0.25, 0.3) is 5.91 Å². The molecule has 1 saturated heterocycles. The third-order valence-electron chi connectivity index (χ3n) is 6.60. The molecule has 0 unspecified atom stereocenters. The van der Waals surface area contributed by atoms with Crippen molar-refractivity contribution >= 4 is 28.8 Å². The van der Waals surface area contributed by atoms with Crippen molar-refractivity contribution in [2.75, 3.05) is 31.5 Å². The van der Waals surface area contributed by atoms with E-state index in [9.17, 15) is 9.59 Å². The molecule has 0 bridgehead atoms. The summed E-state index contributed by atoms with van der Waals surface area (Å²) in [5.41, 5.74) is 5.10. The van der Waals surface area contributed by atoms with Gasteiger partial charge in [0.05, 0.1) is 11.3 Å². The van der Waals surface area contributed by atoms with Crippen molar-refractivity contribution in [2.24, 2.45) is 0 Å². The summed E-state index contributed by atoms with van der Waals surface area (Å²) >= 11 is 0. The molecule has 1 aliphatic heterocycles. The van der Waals surface area contributed by atoms with E-state index in [0.717, 1.165) is 36.3 Å². The van der Waals surface area contributed by atoms with Gasteiger partial charge in [0.1, 0.15) is 11.1 Å². The first kappa shape index (κ1) is 26.4. The smallest absolute Gasteiger partial charge is 0.410 e. The Kier molecular flexibility index (Phi) is 7.39. The van der Waals surface area contributed by atoms with E-state index in [1.807, 2.05) is 88.4 Å². The van der Waals surface area contributed by atoms with Gasteiger partial charge in [0.15, 0.2) is 5.58 Å². The average molecular weight is 527 g/mol. The molecule has 5 rings (SSSR count). The number of oxazole rings is 1. The zero-order valence-corrected chi connectivity index (χ0v) is 22.9. The minimum absolute atomic E-state index is 0.187. The fourth-order valence-electron chi connectivity index (χ4n) is 4.53. The van der Waals surface area contributed by atoms with Gasteiger partial charge in [-0.1, -0.05) is 35.9 Å². The predicted octanol–water partition coefficient (Wildman–Crippen LogP) is 6.11. The van der Waals surface area contributed by atoms with Crippen LogP contribution in [0.2, 0.25) is 0 Å². The number of hydrogen-bond acceptors (Lipinski definition) is 6. The highest BCUT2D eigenvalue weighted by Gasteiger charge is 2.26. The van der Waals surface area contributed by atoms with E-state index in [2.05, 4.69) is 16.3 Å². The normalized spacial score (nSPS) is 14.4. The number of carbonyl (C=O) groups excluding carboxylic acids is 2.